The second-order valence-corrected chi connectivity index (χ2v) is 7.48. The van der Waals surface area contributed by atoms with E-state index < -0.39 is 0 Å². The molecule has 0 aliphatic carbocycles. The number of nitrogens with zero attached hydrogens (tertiary/aromatic N) is 5. The molecule has 1 saturated heterocycles. The molecule has 144 valence electrons. The van der Waals surface area contributed by atoms with Crippen LogP contribution in [0, 0.1) is 13.8 Å². The van der Waals surface area contributed by atoms with Gasteiger partial charge in [-0.05, 0) is 32.0 Å². The van der Waals surface area contributed by atoms with Crippen LogP contribution in [0.3, 0.4) is 0 Å². The van der Waals surface area contributed by atoms with Gasteiger partial charge in [0.1, 0.15) is 0 Å². The number of halogens is 1. The number of aromatic nitrogens is 4. The summed E-state index contributed by atoms with van der Waals surface area (Å²) < 4.78 is 3.18. The Morgan fingerprint density at radius 1 is 1.07 bits per heavy atom. The van der Waals surface area contributed by atoms with Gasteiger partial charge in [0, 0.05) is 42.5 Å². The molecule has 0 atom stereocenters. The number of rotatable bonds is 3. The zero-order valence-electron chi connectivity index (χ0n) is 15.9. The summed E-state index contributed by atoms with van der Waals surface area (Å²) in [5.41, 5.74) is 3.59. The van der Waals surface area contributed by atoms with Gasteiger partial charge >= 0.3 is 0 Å². The fraction of sp³-hybridized carbons (Fsp3) is 0.300. The Labute approximate surface area is 167 Å². The van der Waals surface area contributed by atoms with Crippen LogP contribution in [-0.4, -0.2) is 43.5 Å². The average Bonchev–Trinajstić information content (AvgIpc) is 2.88. The summed E-state index contributed by atoms with van der Waals surface area (Å²) >= 11 is 5.94. The second kappa shape index (κ2) is 6.91. The van der Waals surface area contributed by atoms with Crippen molar-refractivity contribution in [2.24, 2.45) is 7.05 Å². The monoisotopic (exact) mass is 397 g/mol. The summed E-state index contributed by atoms with van der Waals surface area (Å²) in [4.78, 5) is 26.9. The first-order valence-corrected chi connectivity index (χ1v) is 9.38. The number of aryl methyl sites for hydroxylation is 2. The first kappa shape index (κ1) is 18.4. The van der Waals surface area contributed by atoms with E-state index in [1.54, 1.807) is 27.8 Å². The molecule has 4 rings (SSSR count). The average molecular weight is 398 g/mol. The highest BCUT2D eigenvalue weighted by Crippen LogP contribution is 2.25. The molecule has 0 bridgehead atoms. The highest BCUT2D eigenvalue weighted by molar-refractivity contribution is 6.30. The lowest BCUT2D eigenvalue weighted by atomic mass is 10.1. The minimum Gasteiger partial charge on any atom is -0.334 e. The van der Waals surface area contributed by atoms with Crippen molar-refractivity contribution in [1.29, 1.82) is 0 Å². The van der Waals surface area contributed by atoms with Gasteiger partial charge in [-0.2, -0.15) is 10.2 Å². The van der Waals surface area contributed by atoms with Gasteiger partial charge in [-0.25, -0.2) is 4.68 Å². The van der Waals surface area contributed by atoms with Gasteiger partial charge in [-0.1, -0.05) is 23.7 Å². The van der Waals surface area contributed by atoms with Crippen molar-refractivity contribution in [2.75, 3.05) is 13.1 Å². The largest absolute Gasteiger partial charge is 0.334 e. The Bertz CT molecular complexity index is 1110. The predicted molar refractivity (Wildman–Crippen MR) is 107 cm³/mol. The Hall–Kier alpha value is -2.93. The second-order valence-electron chi connectivity index (χ2n) is 7.04. The van der Waals surface area contributed by atoms with Crippen molar-refractivity contribution >= 4 is 17.5 Å². The van der Waals surface area contributed by atoms with Crippen molar-refractivity contribution in [3.8, 4) is 11.3 Å². The topological polar surface area (TPSA) is 73.0 Å². The number of hydrogen-bond acceptors (Lipinski definition) is 4. The molecule has 28 heavy (non-hydrogen) atoms. The molecule has 0 unspecified atom stereocenters. The lowest BCUT2D eigenvalue weighted by Gasteiger charge is -2.39. The van der Waals surface area contributed by atoms with Gasteiger partial charge in [0.05, 0.1) is 23.0 Å². The van der Waals surface area contributed by atoms with Gasteiger partial charge in [0.2, 0.25) is 0 Å². The molecule has 0 saturated carbocycles. The molecule has 1 aliphatic heterocycles. The number of benzene rings is 1. The van der Waals surface area contributed by atoms with Crippen LogP contribution in [-0.2, 0) is 7.05 Å². The van der Waals surface area contributed by atoms with Gasteiger partial charge in [0.25, 0.3) is 11.5 Å². The Balaban J connectivity index is 1.54. The third-order valence-corrected chi connectivity index (χ3v) is 5.44. The maximum absolute atomic E-state index is 12.8. The summed E-state index contributed by atoms with van der Waals surface area (Å²) in [5, 5.41) is 9.46. The summed E-state index contributed by atoms with van der Waals surface area (Å²) in [6.07, 6.45) is 0. The fourth-order valence-electron chi connectivity index (χ4n) is 3.48. The molecule has 8 heteroatoms. The molecular formula is C20H20ClN5O2. The highest BCUT2D eigenvalue weighted by atomic mass is 35.5. The van der Waals surface area contributed by atoms with Crippen LogP contribution in [0.25, 0.3) is 11.3 Å². The van der Waals surface area contributed by atoms with Crippen molar-refractivity contribution < 1.29 is 4.79 Å². The smallest absolute Gasteiger partial charge is 0.267 e. The molecule has 1 aromatic carbocycles. The Kier molecular flexibility index (Phi) is 4.55. The molecule has 3 aromatic rings. The van der Waals surface area contributed by atoms with Gasteiger partial charge in [-0.3, -0.25) is 14.3 Å². The van der Waals surface area contributed by atoms with E-state index in [0.717, 1.165) is 11.3 Å². The quantitative estimate of drug-likeness (QED) is 0.681. The lowest BCUT2D eigenvalue weighted by molar-refractivity contribution is 0.0492. The number of amides is 1. The summed E-state index contributed by atoms with van der Waals surface area (Å²) in [6, 6.07) is 10.4. The molecule has 7 nitrogen and oxygen atoms in total. The Morgan fingerprint density at radius 2 is 1.75 bits per heavy atom. The van der Waals surface area contributed by atoms with E-state index in [-0.39, 0.29) is 17.5 Å². The maximum Gasteiger partial charge on any atom is 0.267 e. The van der Waals surface area contributed by atoms with Crippen LogP contribution in [0.15, 0.2) is 41.2 Å². The van der Waals surface area contributed by atoms with Crippen LogP contribution >= 0.6 is 11.6 Å². The van der Waals surface area contributed by atoms with Crippen LogP contribution in [0.4, 0.5) is 0 Å². The number of carbonyl (C=O) groups excluding carboxylic acids is 1. The fourth-order valence-corrected chi connectivity index (χ4v) is 3.60. The molecule has 1 amide bonds. The zero-order valence-corrected chi connectivity index (χ0v) is 16.6. The van der Waals surface area contributed by atoms with Crippen molar-refractivity contribution in [3.63, 3.8) is 0 Å². The highest BCUT2D eigenvalue weighted by Gasteiger charge is 2.35. The van der Waals surface area contributed by atoms with E-state index in [0.29, 0.717) is 35.1 Å². The molecule has 0 spiro atoms. The molecule has 0 radical (unpaired) electrons. The van der Waals surface area contributed by atoms with Gasteiger partial charge < -0.3 is 4.90 Å². The van der Waals surface area contributed by atoms with E-state index in [1.165, 1.54) is 10.7 Å². The molecule has 1 aliphatic rings. The van der Waals surface area contributed by atoms with E-state index in [4.69, 9.17) is 11.6 Å². The van der Waals surface area contributed by atoms with E-state index in [1.807, 2.05) is 33.0 Å². The Morgan fingerprint density at radius 3 is 2.36 bits per heavy atom. The third kappa shape index (κ3) is 3.11. The maximum atomic E-state index is 12.8. The van der Waals surface area contributed by atoms with Crippen molar-refractivity contribution in [3.05, 3.63) is 68.7 Å². The van der Waals surface area contributed by atoms with Crippen LogP contribution in [0.1, 0.15) is 27.8 Å². The standard InChI is InChI=1S/C20H20ClN5O2/c1-12-19(13(2)24(3)22-12)20(28)25-10-16(11-25)26-18(27)9-8-17(23-26)14-4-6-15(21)7-5-14/h4-9,16H,10-11H2,1-3H3. The first-order valence-electron chi connectivity index (χ1n) is 9.00. The van der Waals surface area contributed by atoms with Crippen molar-refractivity contribution in [1.82, 2.24) is 24.5 Å². The van der Waals surface area contributed by atoms with Crippen LogP contribution in [0.2, 0.25) is 5.02 Å². The van der Waals surface area contributed by atoms with E-state index in [2.05, 4.69) is 10.2 Å². The summed E-state index contributed by atoms with van der Waals surface area (Å²) in [5.74, 6) is -0.0544. The number of hydrogen-bond donors (Lipinski definition) is 0. The van der Waals surface area contributed by atoms with E-state index >= 15 is 0 Å². The molecular weight excluding hydrogens is 378 g/mol. The van der Waals surface area contributed by atoms with Gasteiger partial charge in [0.15, 0.2) is 0 Å². The van der Waals surface area contributed by atoms with Crippen molar-refractivity contribution in [2.45, 2.75) is 19.9 Å². The summed E-state index contributed by atoms with van der Waals surface area (Å²) in [7, 11) is 1.82. The summed E-state index contributed by atoms with van der Waals surface area (Å²) in [6.45, 7) is 4.61. The third-order valence-electron chi connectivity index (χ3n) is 5.18. The first-order chi connectivity index (χ1) is 13.3. The van der Waals surface area contributed by atoms with E-state index in [9.17, 15) is 9.59 Å². The van der Waals surface area contributed by atoms with Crippen LogP contribution in [0.5, 0.6) is 0 Å². The molecule has 2 aromatic heterocycles. The van der Waals surface area contributed by atoms with Crippen LogP contribution < -0.4 is 5.56 Å². The SMILES string of the molecule is Cc1nn(C)c(C)c1C(=O)N1CC(n2nc(-c3ccc(Cl)cc3)ccc2=O)C1. The predicted octanol–water partition coefficient (Wildman–Crippen LogP) is 2.61. The van der Waals surface area contributed by atoms with Gasteiger partial charge in [-0.15, -0.1) is 0 Å². The minimum atomic E-state index is -0.177. The normalized spacial score (nSPS) is 14.2. The number of carbonyl (C=O) groups is 1. The molecule has 1 fully saturated rings. The number of likely N-dealkylation sites (tertiary alicyclic amines) is 1. The molecule has 0 N–H and O–H groups in total. The zero-order chi connectivity index (χ0) is 20.0. The molecule has 3 heterocycles. The lowest BCUT2D eigenvalue weighted by Crippen LogP contribution is -2.53. The minimum absolute atomic E-state index is 0.0544.